The maximum Gasteiger partial charge on any atom is 1.00 e. The number of benzene rings is 3. The Labute approximate surface area is 356 Å². The maximum atomic E-state index is 11.3. The third kappa shape index (κ3) is 13.6. The van der Waals surface area contributed by atoms with Gasteiger partial charge < -0.3 is 60.5 Å². The average Bonchev–Trinajstić information content (AvgIpc) is 3.79. The minimum atomic E-state index is -1.21. The molecule has 0 atom stereocenters. The van der Waals surface area contributed by atoms with Crippen LogP contribution in [0.1, 0.15) is 25.7 Å². The van der Waals surface area contributed by atoms with Crippen molar-refractivity contribution in [2.45, 2.75) is 31.4 Å². The van der Waals surface area contributed by atoms with Gasteiger partial charge in [0.05, 0.1) is 12.3 Å². The summed E-state index contributed by atoms with van der Waals surface area (Å²) in [7, 11) is 0. The second kappa shape index (κ2) is 22.0. The van der Waals surface area contributed by atoms with Crippen molar-refractivity contribution in [3.63, 3.8) is 0 Å². The van der Waals surface area contributed by atoms with Gasteiger partial charge in [-0.2, -0.15) is 0 Å². The first-order valence-corrected chi connectivity index (χ1v) is 13.3. The molecule has 0 amide bonds. The SMILES string of the molecule is C=C(CN(c1ccc(Nc2ccc(Nc3ccc(N(CCC(=O)[O-])CCC(=O)[O-])cc3)cc2)cc1)C1(O[O-])CC1)O[O-].[Na+].[Na+].[Na+].[Na+]. The molecule has 2 N–H and O–H groups in total. The van der Waals surface area contributed by atoms with Crippen LogP contribution in [0.2, 0.25) is 0 Å². The van der Waals surface area contributed by atoms with Crippen molar-refractivity contribution < 1.29 is 158 Å². The molecule has 16 heteroatoms. The second-order valence-electron chi connectivity index (χ2n) is 9.89. The Morgan fingerprint density at radius 1 is 0.696 bits per heavy atom. The average molecular weight is 667 g/mol. The maximum absolute atomic E-state index is 11.3. The minimum Gasteiger partial charge on any atom is -0.721 e. The number of aliphatic carboxylic acids is 2. The first-order chi connectivity index (χ1) is 20.2. The van der Waals surface area contributed by atoms with Gasteiger partial charge in [-0.25, -0.2) is 0 Å². The quantitative estimate of drug-likeness (QED) is 0.0459. The second-order valence-corrected chi connectivity index (χ2v) is 9.89. The molecule has 0 spiro atoms. The van der Waals surface area contributed by atoms with Crippen LogP contribution in [-0.2, 0) is 19.4 Å². The predicted molar refractivity (Wildman–Crippen MR) is 148 cm³/mol. The fourth-order valence-electron chi connectivity index (χ4n) is 4.45. The van der Waals surface area contributed by atoms with Crippen LogP contribution in [0, 0.1) is 0 Å². The van der Waals surface area contributed by atoms with E-state index in [0.717, 1.165) is 22.7 Å². The van der Waals surface area contributed by atoms with Crippen molar-refractivity contribution in [3.8, 4) is 0 Å². The summed E-state index contributed by atoms with van der Waals surface area (Å²) in [4.78, 5) is 33.5. The van der Waals surface area contributed by atoms with Crippen LogP contribution in [0.3, 0.4) is 0 Å². The molecule has 1 aliphatic rings. The molecule has 0 aliphatic heterocycles. The molecule has 0 bridgehead atoms. The number of carboxylic acid groups (broad SMARTS) is 2. The van der Waals surface area contributed by atoms with Gasteiger partial charge in [0.15, 0.2) is 0 Å². The molecule has 4 rings (SSSR count). The molecule has 222 valence electrons. The van der Waals surface area contributed by atoms with Gasteiger partial charge in [-0.3, -0.25) is 0 Å². The van der Waals surface area contributed by atoms with E-state index < -0.39 is 17.7 Å². The van der Waals surface area contributed by atoms with E-state index in [9.17, 15) is 30.3 Å². The Balaban J connectivity index is 0.00000506. The van der Waals surface area contributed by atoms with Gasteiger partial charge in [0.25, 0.3) is 0 Å². The standard InChI is InChI=1S/C30H34N4O8.4Na/c1-21(41-39)20-34(30(42-40)16-17-30)27-12-8-25(9-13-27)32-23-4-2-22(3-5-23)31-24-6-10-26(11-7-24)33(18-14-28(35)36)19-15-29(37)38;;;;/h2-13,31-32,39-40H,1,14-20H2,(H,35,36)(H,37,38);;;;/q;4*+1/p-4. The molecule has 12 nitrogen and oxygen atoms in total. The van der Waals surface area contributed by atoms with Crippen LogP contribution in [0.25, 0.3) is 0 Å². The van der Waals surface area contributed by atoms with Crippen LogP contribution in [-0.4, -0.2) is 37.3 Å². The zero-order valence-corrected chi connectivity index (χ0v) is 34.7. The van der Waals surface area contributed by atoms with Crippen LogP contribution in [0.15, 0.2) is 85.1 Å². The summed E-state index contributed by atoms with van der Waals surface area (Å²) in [5, 5.41) is 50.4. The van der Waals surface area contributed by atoms with Gasteiger partial charge in [0.2, 0.25) is 0 Å². The zero-order chi connectivity index (χ0) is 30.1. The molecule has 0 radical (unpaired) electrons. The van der Waals surface area contributed by atoms with E-state index in [1.807, 2.05) is 60.7 Å². The van der Waals surface area contributed by atoms with Crippen molar-refractivity contribution in [3.05, 3.63) is 85.1 Å². The number of hydrogen-bond donors (Lipinski definition) is 2. The molecule has 0 heterocycles. The van der Waals surface area contributed by atoms with Crippen LogP contribution in [0.5, 0.6) is 0 Å². The third-order valence-corrected chi connectivity index (χ3v) is 6.82. The molecule has 3 aromatic carbocycles. The third-order valence-electron chi connectivity index (χ3n) is 6.82. The first-order valence-electron chi connectivity index (χ1n) is 13.3. The Bertz CT molecular complexity index is 1360. The van der Waals surface area contributed by atoms with E-state index in [2.05, 4.69) is 27.0 Å². The number of nitrogens with one attached hydrogen (secondary N) is 2. The first kappa shape index (κ1) is 45.2. The number of carboxylic acids is 2. The van der Waals surface area contributed by atoms with Crippen LogP contribution >= 0.6 is 0 Å². The van der Waals surface area contributed by atoms with Crippen molar-refractivity contribution in [2.75, 3.05) is 40.1 Å². The molecule has 3 aromatic rings. The zero-order valence-electron chi connectivity index (χ0n) is 26.7. The Kier molecular flexibility index (Phi) is 21.7. The molecule has 46 heavy (non-hydrogen) atoms. The number of carbonyl (C=O) groups is 2. The Morgan fingerprint density at radius 2 is 1.07 bits per heavy atom. The van der Waals surface area contributed by atoms with E-state index in [1.165, 1.54) is 0 Å². The van der Waals surface area contributed by atoms with E-state index in [1.54, 1.807) is 21.9 Å². The fraction of sp³-hybridized carbons (Fsp3) is 0.267. The minimum absolute atomic E-state index is 0. The van der Waals surface area contributed by atoms with E-state index in [4.69, 9.17) is 0 Å². The fourth-order valence-corrected chi connectivity index (χ4v) is 4.45. The molecule has 0 unspecified atom stereocenters. The van der Waals surface area contributed by atoms with Crippen LogP contribution < -0.4 is 159 Å². The van der Waals surface area contributed by atoms with E-state index in [-0.39, 0.29) is 156 Å². The molecular formula is C30H30N4Na4O8. The number of rotatable bonds is 17. The smallest absolute Gasteiger partial charge is 0.721 e. The predicted octanol–water partition coefficient (Wildman–Crippen LogP) is -11.3. The molecule has 1 aliphatic carbocycles. The van der Waals surface area contributed by atoms with Crippen molar-refractivity contribution in [1.82, 2.24) is 0 Å². The van der Waals surface area contributed by atoms with Gasteiger partial charge in [-0.15, -0.1) is 0 Å². The van der Waals surface area contributed by atoms with Gasteiger partial charge >= 0.3 is 118 Å². The summed E-state index contributed by atoms with van der Waals surface area (Å²) < 4.78 is 0. The van der Waals surface area contributed by atoms with Crippen molar-refractivity contribution in [2.24, 2.45) is 0 Å². The largest absolute Gasteiger partial charge is 1.00 e. The normalized spacial score (nSPS) is 12.0. The van der Waals surface area contributed by atoms with Gasteiger partial charge in [0.1, 0.15) is 5.72 Å². The summed E-state index contributed by atoms with van der Waals surface area (Å²) in [6, 6.07) is 22.1. The Morgan fingerprint density at radius 3 is 1.39 bits per heavy atom. The van der Waals surface area contributed by atoms with E-state index in [0.29, 0.717) is 24.2 Å². The number of carbonyl (C=O) groups excluding carboxylic acids is 2. The number of anilines is 6. The summed E-state index contributed by atoms with van der Waals surface area (Å²) in [6.45, 7) is 3.85. The molecular weight excluding hydrogens is 636 g/mol. The summed E-state index contributed by atoms with van der Waals surface area (Å²) in [6.07, 6.45) is 0.643. The summed E-state index contributed by atoms with van der Waals surface area (Å²) in [5.74, 6) is -2.44. The molecule has 1 fully saturated rings. The molecule has 0 aromatic heterocycles. The summed E-state index contributed by atoms with van der Waals surface area (Å²) >= 11 is 0. The van der Waals surface area contributed by atoms with Gasteiger partial charge in [-0.05, 0) is 85.6 Å². The number of nitrogens with zero attached hydrogens (tertiary/aromatic N) is 2. The van der Waals surface area contributed by atoms with Crippen molar-refractivity contribution >= 4 is 46.1 Å². The van der Waals surface area contributed by atoms with Crippen molar-refractivity contribution in [1.29, 1.82) is 0 Å². The topological polar surface area (TPSA) is 175 Å². The van der Waals surface area contributed by atoms with E-state index >= 15 is 0 Å². The Hall–Kier alpha value is -0.780. The molecule has 1 saturated carbocycles. The van der Waals surface area contributed by atoms with Gasteiger partial charge in [-0.1, -0.05) is 6.58 Å². The van der Waals surface area contributed by atoms with Gasteiger partial charge in [0, 0.05) is 72.0 Å². The number of hydrogen-bond acceptors (Lipinski definition) is 12. The molecule has 0 saturated heterocycles. The summed E-state index contributed by atoms with van der Waals surface area (Å²) in [5.41, 5.74) is 3.65. The monoisotopic (exact) mass is 666 g/mol. The van der Waals surface area contributed by atoms with Crippen LogP contribution in [0.4, 0.5) is 34.1 Å².